The van der Waals surface area contributed by atoms with Gasteiger partial charge in [0.25, 0.3) is 0 Å². The highest BCUT2D eigenvalue weighted by atomic mass is 32.2. The minimum atomic E-state index is -0.158. The largest absolute Gasteiger partial charge is 0.494 e. The average Bonchev–Trinajstić information content (AvgIpc) is 3.32. The minimum Gasteiger partial charge on any atom is -0.494 e. The maximum atomic E-state index is 12.8. The Morgan fingerprint density at radius 2 is 1.74 bits per heavy atom. The number of hydrogen-bond donors (Lipinski definition) is 1. The SMILES string of the molecule is CCCOc1ccccc1NC(=O)CSc1nnc(-c2ccncc2)n1-c1ccc(OCC)cc1. The summed E-state index contributed by atoms with van der Waals surface area (Å²) in [6, 6.07) is 18.9. The van der Waals surface area contributed by atoms with Crippen LogP contribution in [0.2, 0.25) is 0 Å². The number of nitrogens with zero attached hydrogens (tertiary/aromatic N) is 4. The highest BCUT2D eigenvalue weighted by Gasteiger charge is 2.18. The fourth-order valence-corrected chi connectivity index (χ4v) is 4.12. The van der Waals surface area contributed by atoms with Crippen LogP contribution in [0, 0.1) is 0 Å². The third-order valence-electron chi connectivity index (χ3n) is 4.93. The van der Waals surface area contributed by atoms with Crippen molar-refractivity contribution in [2.45, 2.75) is 25.4 Å². The van der Waals surface area contributed by atoms with Gasteiger partial charge in [0.05, 0.1) is 24.7 Å². The predicted octanol–water partition coefficient (Wildman–Crippen LogP) is 5.25. The number of nitrogens with one attached hydrogen (secondary N) is 1. The van der Waals surface area contributed by atoms with E-state index in [1.807, 2.05) is 79.1 Å². The van der Waals surface area contributed by atoms with Crippen molar-refractivity contribution in [1.29, 1.82) is 0 Å². The lowest BCUT2D eigenvalue weighted by molar-refractivity contribution is -0.113. The van der Waals surface area contributed by atoms with Gasteiger partial charge >= 0.3 is 0 Å². The molecule has 0 unspecified atom stereocenters. The first kappa shape index (κ1) is 24.3. The van der Waals surface area contributed by atoms with Gasteiger partial charge in [0.1, 0.15) is 11.5 Å². The molecule has 0 atom stereocenters. The second-order valence-corrected chi connectivity index (χ2v) is 8.43. The number of ether oxygens (including phenoxy) is 2. The number of amides is 1. The molecule has 0 bridgehead atoms. The number of hydrogen-bond acceptors (Lipinski definition) is 7. The first-order chi connectivity index (χ1) is 17.2. The summed E-state index contributed by atoms with van der Waals surface area (Å²) in [4.78, 5) is 16.9. The quantitative estimate of drug-likeness (QED) is 0.288. The van der Waals surface area contributed by atoms with Crippen molar-refractivity contribution in [3.63, 3.8) is 0 Å². The molecule has 0 radical (unpaired) electrons. The zero-order valence-corrected chi connectivity index (χ0v) is 20.5. The molecule has 0 saturated heterocycles. The summed E-state index contributed by atoms with van der Waals surface area (Å²) in [7, 11) is 0. The molecule has 4 aromatic rings. The number of para-hydroxylation sites is 2. The van der Waals surface area contributed by atoms with Crippen molar-refractivity contribution in [2.24, 2.45) is 0 Å². The van der Waals surface area contributed by atoms with Crippen molar-refractivity contribution in [1.82, 2.24) is 19.7 Å². The topological polar surface area (TPSA) is 91.2 Å². The third-order valence-corrected chi connectivity index (χ3v) is 5.86. The average molecular weight is 490 g/mol. The van der Waals surface area contributed by atoms with Gasteiger partial charge in [0.15, 0.2) is 11.0 Å². The van der Waals surface area contributed by atoms with Gasteiger partial charge in [-0.15, -0.1) is 10.2 Å². The van der Waals surface area contributed by atoms with Gasteiger partial charge in [-0.3, -0.25) is 14.3 Å². The number of benzene rings is 2. The van der Waals surface area contributed by atoms with E-state index in [0.717, 1.165) is 23.4 Å². The van der Waals surface area contributed by atoms with Crippen LogP contribution in [-0.2, 0) is 4.79 Å². The lowest BCUT2D eigenvalue weighted by Crippen LogP contribution is -2.15. The fourth-order valence-electron chi connectivity index (χ4n) is 3.37. The summed E-state index contributed by atoms with van der Waals surface area (Å²) in [5.41, 5.74) is 2.39. The van der Waals surface area contributed by atoms with Crippen molar-refractivity contribution in [3.8, 4) is 28.6 Å². The smallest absolute Gasteiger partial charge is 0.234 e. The van der Waals surface area contributed by atoms with E-state index in [0.29, 0.717) is 35.6 Å². The molecular formula is C26H27N5O3S. The van der Waals surface area contributed by atoms with Gasteiger partial charge in [-0.1, -0.05) is 30.8 Å². The lowest BCUT2D eigenvalue weighted by Gasteiger charge is -2.13. The molecular weight excluding hydrogens is 462 g/mol. The minimum absolute atomic E-state index is 0.158. The molecule has 2 aromatic carbocycles. The Balaban J connectivity index is 1.55. The van der Waals surface area contributed by atoms with E-state index in [-0.39, 0.29) is 11.7 Å². The third kappa shape index (κ3) is 6.19. The molecule has 0 spiro atoms. The molecule has 2 aromatic heterocycles. The van der Waals surface area contributed by atoms with Gasteiger partial charge in [0.2, 0.25) is 5.91 Å². The molecule has 180 valence electrons. The van der Waals surface area contributed by atoms with Crippen LogP contribution < -0.4 is 14.8 Å². The van der Waals surface area contributed by atoms with Crippen LogP contribution in [0.5, 0.6) is 11.5 Å². The van der Waals surface area contributed by atoms with Crippen LogP contribution in [0.1, 0.15) is 20.3 Å². The van der Waals surface area contributed by atoms with Crippen LogP contribution in [-0.4, -0.2) is 44.6 Å². The highest BCUT2D eigenvalue weighted by molar-refractivity contribution is 7.99. The second-order valence-electron chi connectivity index (χ2n) is 7.49. The molecule has 0 aliphatic rings. The van der Waals surface area contributed by atoms with Crippen molar-refractivity contribution in [2.75, 3.05) is 24.3 Å². The van der Waals surface area contributed by atoms with Crippen LogP contribution in [0.3, 0.4) is 0 Å². The van der Waals surface area contributed by atoms with Gasteiger partial charge in [-0.2, -0.15) is 0 Å². The van der Waals surface area contributed by atoms with Crippen molar-refractivity contribution < 1.29 is 14.3 Å². The number of carbonyl (C=O) groups excluding carboxylic acids is 1. The van der Waals surface area contributed by atoms with Gasteiger partial charge in [0, 0.05) is 23.6 Å². The number of aromatic nitrogens is 4. The van der Waals surface area contributed by atoms with Crippen LogP contribution in [0.25, 0.3) is 17.1 Å². The summed E-state index contributed by atoms with van der Waals surface area (Å²) >= 11 is 1.31. The van der Waals surface area contributed by atoms with Crippen LogP contribution >= 0.6 is 11.8 Å². The Hall–Kier alpha value is -3.85. The molecule has 1 N–H and O–H groups in total. The molecule has 35 heavy (non-hydrogen) atoms. The Bertz CT molecular complexity index is 1250. The Morgan fingerprint density at radius 1 is 0.971 bits per heavy atom. The number of rotatable bonds is 11. The summed E-state index contributed by atoms with van der Waals surface area (Å²) in [5.74, 6) is 2.11. The summed E-state index contributed by atoms with van der Waals surface area (Å²) in [5, 5.41) is 12.3. The zero-order chi connectivity index (χ0) is 24.5. The zero-order valence-electron chi connectivity index (χ0n) is 19.7. The van der Waals surface area contributed by atoms with Gasteiger partial charge in [-0.25, -0.2) is 0 Å². The standard InChI is InChI=1S/C26H27N5O3S/c1-3-17-34-23-8-6-5-7-22(23)28-24(32)18-35-26-30-29-25(19-13-15-27-16-14-19)31(26)20-9-11-21(12-10-20)33-4-2/h5-16H,3-4,17-18H2,1-2H3,(H,28,32). The first-order valence-corrected chi connectivity index (χ1v) is 12.4. The lowest BCUT2D eigenvalue weighted by atomic mass is 10.2. The Kier molecular flexibility index (Phi) is 8.34. The molecule has 2 heterocycles. The van der Waals surface area contributed by atoms with Crippen LogP contribution in [0.15, 0.2) is 78.2 Å². The summed E-state index contributed by atoms with van der Waals surface area (Å²) in [6.45, 7) is 5.17. The Morgan fingerprint density at radius 3 is 2.49 bits per heavy atom. The van der Waals surface area contributed by atoms with E-state index in [4.69, 9.17) is 9.47 Å². The van der Waals surface area contributed by atoms with E-state index >= 15 is 0 Å². The first-order valence-electron chi connectivity index (χ1n) is 11.4. The molecule has 0 fully saturated rings. The van der Waals surface area contributed by atoms with E-state index in [1.54, 1.807) is 12.4 Å². The van der Waals surface area contributed by atoms with Gasteiger partial charge < -0.3 is 14.8 Å². The van der Waals surface area contributed by atoms with Crippen LogP contribution in [0.4, 0.5) is 5.69 Å². The monoisotopic (exact) mass is 489 g/mol. The predicted molar refractivity (Wildman–Crippen MR) is 137 cm³/mol. The number of carbonyl (C=O) groups is 1. The van der Waals surface area contributed by atoms with E-state index in [1.165, 1.54) is 11.8 Å². The second kappa shape index (κ2) is 12.0. The summed E-state index contributed by atoms with van der Waals surface area (Å²) < 4.78 is 13.3. The Labute approximate surface area is 208 Å². The molecule has 0 aliphatic carbocycles. The highest BCUT2D eigenvalue weighted by Crippen LogP contribution is 2.29. The maximum Gasteiger partial charge on any atom is 0.234 e. The molecule has 0 aliphatic heterocycles. The molecule has 1 amide bonds. The van der Waals surface area contributed by atoms with E-state index < -0.39 is 0 Å². The summed E-state index contributed by atoms with van der Waals surface area (Å²) in [6.07, 6.45) is 4.31. The molecule has 4 rings (SSSR count). The number of anilines is 1. The maximum absolute atomic E-state index is 12.8. The van der Waals surface area contributed by atoms with E-state index in [2.05, 4.69) is 20.5 Å². The normalized spacial score (nSPS) is 10.7. The van der Waals surface area contributed by atoms with Crippen molar-refractivity contribution >= 4 is 23.4 Å². The van der Waals surface area contributed by atoms with Crippen molar-refractivity contribution in [3.05, 3.63) is 73.1 Å². The molecule has 0 saturated carbocycles. The van der Waals surface area contributed by atoms with Gasteiger partial charge in [-0.05, 0) is 61.9 Å². The number of pyridine rings is 1. The molecule has 9 heteroatoms. The molecule has 8 nitrogen and oxygen atoms in total. The fraction of sp³-hybridized carbons (Fsp3) is 0.231. The number of thioether (sulfide) groups is 1. The van der Waals surface area contributed by atoms with E-state index in [9.17, 15) is 4.79 Å².